The molecule has 1 aromatic heterocycles. The fourth-order valence-electron chi connectivity index (χ4n) is 2.05. The Balaban J connectivity index is 2.59. The van der Waals surface area contributed by atoms with E-state index in [1.54, 1.807) is 0 Å². The monoisotopic (exact) mass is 307 g/mol. The van der Waals surface area contributed by atoms with Crippen LogP contribution in [0.3, 0.4) is 0 Å². The number of aryl methyl sites for hydroxylation is 2. The lowest BCUT2D eigenvalue weighted by atomic mass is 10.1. The molecule has 0 amide bonds. The normalized spacial score (nSPS) is 12.7. The maximum atomic E-state index is 4.33. The second-order valence-electron chi connectivity index (χ2n) is 4.68. The average Bonchev–Trinajstić information content (AvgIpc) is 2.70. The minimum absolute atomic E-state index is 0.411. The minimum atomic E-state index is 0.411. The predicted octanol–water partition coefficient (Wildman–Crippen LogP) is 4.16. The molecular weight excluding hydrogens is 290 g/mol. The Morgan fingerprint density at radius 3 is 2.61 bits per heavy atom. The summed E-state index contributed by atoms with van der Waals surface area (Å²) in [5, 5.41) is 8.55. The molecule has 0 saturated heterocycles. The van der Waals surface area contributed by atoms with Gasteiger partial charge in [-0.05, 0) is 44.0 Å². The summed E-state index contributed by atoms with van der Waals surface area (Å²) in [7, 11) is 0. The van der Waals surface area contributed by atoms with E-state index >= 15 is 0 Å². The quantitative estimate of drug-likeness (QED) is 0.852. The van der Waals surface area contributed by atoms with Gasteiger partial charge in [0.15, 0.2) is 0 Å². The van der Waals surface area contributed by atoms with Crippen molar-refractivity contribution < 1.29 is 0 Å². The van der Waals surface area contributed by atoms with Crippen LogP contribution in [0.1, 0.15) is 43.4 Å². The van der Waals surface area contributed by atoms with Gasteiger partial charge >= 0.3 is 0 Å². The van der Waals surface area contributed by atoms with Gasteiger partial charge in [-0.15, -0.1) is 10.2 Å². The molecule has 0 aliphatic rings. The molecule has 0 N–H and O–H groups in total. The SMILES string of the molecule is CC[C@@H](C)c1nnc(C)n1-c1ccc(Br)cc1C. The molecule has 96 valence electrons. The van der Waals surface area contributed by atoms with Crippen LogP contribution in [0.2, 0.25) is 0 Å². The Kier molecular flexibility index (Phi) is 3.85. The predicted molar refractivity (Wildman–Crippen MR) is 77.2 cm³/mol. The molecule has 0 fully saturated rings. The molecule has 0 aliphatic carbocycles. The second-order valence-corrected chi connectivity index (χ2v) is 5.60. The van der Waals surface area contributed by atoms with E-state index in [0.717, 1.165) is 28.2 Å². The fraction of sp³-hybridized carbons (Fsp3) is 0.429. The first-order chi connectivity index (χ1) is 8.54. The first kappa shape index (κ1) is 13.3. The van der Waals surface area contributed by atoms with Gasteiger partial charge in [0.05, 0.1) is 5.69 Å². The first-order valence-corrected chi connectivity index (χ1v) is 7.02. The van der Waals surface area contributed by atoms with Crippen molar-refractivity contribution in [2.75, 3.05) is 0 Å². The molecule has 2 aromatic rings. The lowest BCUT2D eigenvalue weighted by molar-refractivity contribution is 0.658. The molecule has 0 spiro atoms. The first-order valence-electron chi connectivity index (χ1n) is 6.23. The lowest BCUT2D eigenvalue weighted by Crippen LogP contribution is -2.07. The molecule has 0 radical (unpaired) electrons. The molecule has 0 saturated carbocycles. The van der Waals surface area contributed by atoms with Crippen LogP contribution in [0.15, 0.2) is 22.7 Å². The second kappa shape index (κ2) is 5.22. The summed E-state index contributed by atoms with van der Waals surface area (Å²) in [6.07, 6.45) is 1.06. The van der Waals surface area contributed by atoms with Gasteiger partial charge in [-0.2, -0.15) is 0 Å². The highest BCUT2D eigenvalue weighted by Gasteiger charge is 2.16. The Morgan fingerprint density at radius 1 is 1.28 bits per heavy atom. The topological polar surface area (TPSA) is 30.7 Å². The van der Waals surface area contributed by atoms with E-state index in [1.165, 1.54) is 5.56 Å². The maximum absolute atomic E-state index is 4.33. The summed E-state index contributed by atoms with van der Waals surface area (Å²) in [5.41, 5.74) is 2.38. The van der Waals surface area contributed by atoms with Gasteiger partial charge in [0.2, 0.25) is 0 Å². The number of nitrogens with zero attached hydrogens (tertiary/aromatic N) is 3. The molecular formula is C14H18BrN3. The van der Waals surface area contributed by atoms with Crippen molar-refractivity contribution >= 4 is 15.9 Å². The van der Waals surface area contributed by atoms with E-state index in [-0.39, 0.29) is 0 Å². The molecule has 0 unspecified atom stereocenters. The average molecular weight is 308 g/mol. The van der Waals surface area contributed by atoms with E-state index in [0.29, 0.717) is 5.92 Å². The third-order valence-corrected chi connectivity index (χ3v) is 3.80. The third kappa shape index (κ3) is 2.34. The summed E-state index contributed by atoms with van der Waals surface area (Å²) in [6.45, 7) is 8.47. The van der Waals surface area contributed by atoms with E-state index in [9.17, 15) is 0 Å². The van der Waals surface area contributed by atoms with E-state index in [4.69, 9.17) is 0 Å². The summed E-state index contributed by atoms with van der Waals surface area (Å²) in [6, 6.07) is 6.29. The number of hydrogen-bond acceptors (Lipinski definition) is 2. The Hall–Kier alpha value is -1.16. The number of halogens is 1. The maximum Gasteiger partial charge on any atom is 0.140 e. The number of aromatic nitrogens is 3. The van der Waals surface area contributed by atoms with Crippen LogP contribution in [-0.4, -0.2) is 14.8 Å². The van der Waals surface area contributed by atoms with Crippen LogP contribution in [0, 0.1) is 13.8 Å². The third-order valence-electron chi connectivity index (χ3n) is 3.30. The van der Waals surface area contributed by atoms with Crippen LogP contribution in [0.4, 0.5) is 0 Å². The van der Waals surface area contributed by atoms with Crippen LogP contribution in [0.5, 0.6) is 0 Å². The molecule has 0 bridgehead atoms. The zero-order chi connectivity index (χ0) is 13.3. The molecule has 18 heavy (non-hydrogen) atoms. The van der Waals surface area contributed by atoms with Crippen molar-refractivity contribution in [1.82, 2.24) is 14.8 Å². The summed E-state index contributed by atoms with van der Waals surface area (Å²) >= 11 is 3.50. The van der Waals surface area contributed by atoms with Gasteiger partial charge in [0, 0.05) is 10.4 Å². The van der Waals surface area contributed by atoms with Crippen LogP contribution in [0.25, 0.3) is 5.69 Å². The zero-order valence-corrected chi connectivity index (χ0v) is 12.8. The van der Waals surface area contributed by atoms with Crippen molar-refractivity contribution in [3.8, 4) is 5.69 Å². The Labute approximate surface area is 116 Å². The van der Waals surface area contributed by atoms with E-state index in [1.807, 2.05) is 6.92 Å². The summed E-state index contributed by atoms with van der Waals surface area (Å²) in [5.74, 6) is 2.39. The van der Waals surface area contributed by atoms with Crippen molar-refractivity contribution in [3.05, 3.63) is 39.9 Å². The highest BCUT2D eigenvalue weighted by molar-refractivity contribution is 9.10. The Morgan fingerprint density at radius 2 is 2.00 bits per heavy atom. The number of rotatable bonds is 3. The van der Waals surface area contributed by atoms with Crippen molar-refractivity contribution in [1.29, 1.82) is 0 Å². The van der Waals surface area contributed by atoms with Gasteiger partial charge < -0.3 is 0 Å². The van der Waals surface area contributed by atoms with Crippen molar-refractivity contribution in [2.45, 2.75) is 40.0 Å². The number of benzene rings is 1. The molecule has 4 heteroatoms. The van der Waals surface area contributed by atoms with E-state index in [2.05, 4.69) is 69.7 Å². The highest BCUT2D eigenvalue weighted by atomic mass is 79.9. The van der Waals surface area contributed by atoms with Crippen LogP contribution in [-0.2, 0) is 0 Å². The molecule has 3 nitrogen and oxygen atoms in total. The van der Waals surface area contributed by atoms with Gasteiger partial charge in [0.25, 0.3) is 0 Å². The summed E-state index contributed by atoms with van der Waals surface area (Å²) in [4.78, 5) is 0. The van der Waals surface area contributed by atoms with Gasteiger partial charge in [-0.3, -0.25) is 4.57 Å². The largest absolute Gasteiger partial charge is 0.283 e. The van der Waals surface area contributed by atoms with Crippen molar-refractivity contribution in [3.63, 3.8) is 0 Å². The van der Waals surface area contributed by atoms with E-state index < -0.39 is 0 Å². The standard InChI is InChI=1S/C14H18BrN3/c1-5-9(2)14-17-16-11(4)18(14)13-7-6-12(15)8-10(13)3/h6-9H,5H2,1-4H3/t9-/m1/s1. The molecule has 2 rings (SSSR count). The summed E-state index contributed by atoms with van der Waals surface area (Å²) < 4.78 is 3.26. The van der Waals surface area contributed by atoms with Crippen molar-refractivity contribution in [2.24, 2.45) is 0 Å². The Bertz CT molecular complexity index is 560. The van der Waals surface area contributed by atoms with Crippen LogP contribution < -0.4 is 0 Å². The lowest BCUT2D eigenvalue weighted by Gasteiger charge is -2.15. The fourth-order valence-corrected chi connectivity index (χ4v) is 2.52. The van der Waals surface area contributed by atoms with Gasteiger partial charge in [-0.1, -0.05) is 29.8 Å². The minimum Gasteiger partial charge on any atom is -0.283 e. The zero-order valence-electron chi connectivity index (χ0n) is 11.2. The van der Waals surface area contributed by atoms with Crippen LogP contribution >= 0.6 is 15.9 Å². The van der Waals surface area contributed by atoms with Gasteiger partial charge in [-0.25, -0.2) is 0 Å². The highest BCUT2D eigenvalue weighted by Crippen LogP contribution is 2.25. The smallest absolute Gasteiger partial charge is 0.140 e. The molecule has 1 atom stereocenters. The molecule has 1 heterocycles. The molecule has 0 aliphatic heterocycles. The number of hydrogen-bond donors (Lipinski definition) is 0. The van der Waals surface area contributed by atoms with Gasteiger partial charge in [0.1, 0.15) is 11.6 Å². The molecule has 1 aromatic carbocycles.